The van der Waals surface area contributed by atoms with Crippen LogP contribution in [-0.4, -0.2) is 53.7 Å². The molecule has 0 N–H and O–H groups in total. The van der Waals surface area contributed by atoms with E-state index in [4.69, 9.17) is 14.5 Å². The second kappa shape index (κ2) is 10.2. The Hall–Kier alpha value is -3.51. The van der Waals surface area contributed by atoms with Crippen molar-refractivity contribution in [3.8, 4) is 0 Å². The van der Waals surface area contributed by atoms with E-state index >= 15 is 0 Å². The number of morpholine rings is 1. The zero-order valence-corrected chi connectivity index (χ0v) is 21.1. The molecule has 0 radical (unpaired) electrons. The van der Waals surface area contributed by atoms with Crippen molar-refractivity contribution in [1.29, 1.82) is 0 Å². The molecule has 3 atom stereocenters. The summed E-state index contributed by atoms with van der Waals surface area (Å²) in [7, 11) is 0. The van der Waals surface area contributed by atoms with Crippen molar-refractivity contribution >= 4 is 34.4 Å². The molecular formula is C30H32N2O4. The number of aromatic nitrogens is 1. The Morgan fingerprint density at radius 2 is 1.69 bits per heavy atom. The molecule has 2 aliphatic rings. The number of rotatable bonds is 4. The molecule has 5 rings (SSSR count). The van der Waals surface area contributed by atoms with Gasteiger partial charge in [0.1, 0.15) is 0 Å². The molecule has 0 unspecified atom stereocenters. The van der Waals surface area contributed by atoms with Crippen molar-refractivity contribution in [2.75, 3.05) is 19.7 Å². The van der Waals surface area contributed by atoms with Crippen molar-refractivity contribution in [3.63, 3.8) is 0 Å². The molecule has 0 bridgehead atoms. The summed E-state index contributed by atoms with van der Waals surface area (Å²) in [5, 5.41) is 0.760. The molecule has 186 valence electrons. The van der Waals surface area contributed by atoms with Crippen LogP contribution in [0.4, 0.5) is 0 Å². The molecule has 1 amide bonds. The Bertz CT molecular complexity index is 1310. The van der Waals surface area contributed by atoms with Gasteiger partial charge in [-0.3, -0.25) is 4.79 Å². The maximum Gasteiger partial charge on any atom is 0.339 e. The van der Waals surface area contributed by atoms with Gasteiger partial charge >= 0.3 is 5.97 Å². The Morgan fingerprint density at radius 1 is 1.00 bits per heavy atom. The third kappa shape index (κ3) is 5.05. The fourth-order valence-corrected chi connectivity index (χ4v) is 5.39. The maximum absolute atomic E-state index is 13.6. The summed E-state index contributed by atoms with van der Waals surface area (Å²) in [6, 6.07) is 17.8. The molecule has 36 heavy (non-hydrogen) atoms. The highest BCUT2D eigenvalue weighted by atomic mass is 16.5. The average Bonchev–Trinajstić information content (AvgIpc) is 2.86. The van der Waals surface area contributed by atoms with Crippen LogP contribution in [0, 0.1) is 5.92 Å². The van der Waals surface area contributed by atoms with E-state index in [0.29, 0.717) is 24.6 Å². The maximum atomic E-state index is 13.6. The normalized spacial score (nSPS) is 22.9. The summed E-state index contributed by atoms with van der Waals surface area (Å²) in [5.74, 6) is -0.323. The van der Waals surface area contributed by atoms with Gasteiger partial charge in [-0.25, -0.2) is 9.78 Å². The highest BCUT2D eigenvalue weighted by molar-refractivity contribution is 6.07. The van der Waals surface area contributed by atoms with Crippen LogP contribution < -0.4 is 0 Å². The number of carbonyl (C=O) groups is 2. The van der Waals surface area contributed by atoms with Gasteiger partial charge in [-0.15, -0.1) is 0 Å². The second-order valence-corrected chi connectivity index (χ2v) is 10.1. The van der Waals surface area contributed by atoms with E-state index in [1.165, 1.54) is 0 Å². The standard InChI is InChI=1S/C30H32N2O4/c1-19-13-23(15-22-9-5-4-6-10-22)29-25(14-19)28(24-11-7-8-12-26(24)31-29)30(34)35-18-27(33)32-16-20(2)36-21(3)17-32/h4-12,15,19-21H,13-14,16-18H2,1-3H3/b23-15-/t19-,20-,21+/m1/s1. The average molecular weight is 485 g/mol. The van der Waals surface area contributed by atoms with E-state index in [1.807, 2.05) is 56.3 Å². The highest BCUT2D eigenvalue weighted by Gasteiger charge is 2.30. The summed E-state index contributed by atoms with van der Waals surface area (Å²) in [6.45, 7) is 6.79. The van der Waals surface area contributed by atoms with Gasteiger partial charge in [-0.2, -0.15) is 0 Å². The van der Waals surface area contributed by atoms with Gasteiger partial charge in [0.05, 0.1) is 29.0 Å². The molecule has 1 saturated heterocycles. The summed E-state index contributed by atoms with van der Waals surface area (Å²) in [6.07, 6.45) is 3.70. The fourth-order valence-electron chi connectivity index (χ4n) is 5.39. The minimum atomic E-state index is -0.472. The molecule has 1 aromatic heterocycles. The van der Waals surface area contributed by atoms with E-state index in [2.05, 4.69) is 25.1 Å². The number of ether oxygens (including phenoxy) is 2. The number of para-hydroxylation sites is 1. The van der Waals surface area contributed by atoms with E-state index in [1.54, 1.807) is 4.90 Å². The number of fused-ring (bicyclic) bond motifs is 2. The minimum Gasteiger partial charge on any atom is -0.452 e. The van der Waals surface area contributed by atoms with Crippen molar-refractivity contribution in [2.24, 2.45) is 5.92 Å². The van der Waals surface area contributed by atoms with Gasteiger partial charge in [-0.1, -0.05) is 55.5 Å². The number of nitrogens with zero attached hydrogens (tertiary/aromatic N) is 2. The fraction of sp³-hybridized carbons (Fsp3) is 0.367. The molecule has 2 aromatic carbocycles. The number of carbonyl (C=O) groups excluding carboxylic acids is 2. The van der Waals surface area contributed by atoms with Gasteiger partial charge in [0, 0.05) is 18.5 Å². The first-order valence-electron chi connectivity index (χ1n) is 12.7. The lowest BCUT2D eigenvalue weighted by Crippen LogP contribution is -2.49. The molecule has 0 spiro atoms. The van der Waals surface area contributed by atoms with Crippen LogP contribution in [0.3, 0.4) is 0 Å². The van der Waals surface area contributed by atoms with Crippen molar-refractivity contribution in [2.45, 2.75) is 45.8 Å². The molecular weight excluding hydrogens is 452 g/mol. The van der Waals surface area contributed by atoms with Crippen LogP contribution in [0.5, 0.6) is 0 Å². The Morgan fingerprint density at radius 3 is 2.44 bits per heavy atom. The van der Waals surface area contributed by atoms with E-state index in [9.17, 15) is 9.59 Å². The second-order valence-electron chi connectivity index (χ2n) is 10.1. The zero-order valence-electron chi connectivity index (χ0n) is 21.1. The van der Waals surface area contributed by atoms with Crippen molar-refractivity contribution < 1.29 is 19.1 Å². The van der Waals surface area contributed by atoms with Gasteiger partial charge in [0.2, 0.25) is 0 Å². The monoisotopic (exact) mass is 484 g/mol. The lowest BCUT2D eigenvalue weighted by atomic mass is 9.80. The Kier molecular flexibility index (Phi) is 6.88. The quantitative estimate of drug-likeness (QED) is 0.479. The Balaban J connectivity index is 1.49. The molecule has 6 nitrogen and oxygen atoms in total. The van der Waals surface area contributed by atoms with Crippen LogP contribution in [-0.2, 0) is 20.7 Å². The predicted molar refractivity (Wildman–Crippen MR) is 140 cm³/mol. The minimum absolute atomic E-state index is 0.0409. The smallest absolute Gasteiger partial charge is 0.339 e. The number of amides is 1. The van der Waals surface area contributed by atoms with Gasteiger partial charge in [-0.05, 0) is 61.4 Å². The highest BCUT2D eigenvalue weighted by Crippen LogP contribution is 2.38. The lowest BCUT2D eigenvalue weighted by molar-refractivity contribution is -0.146. The largest absolute Gasteiger partial charge is 0.452 e. The number of benzene rings is 2. The third-order valence-corrected chi connectivity index (χ3v) is 6.86. The third-order valence-electron chi connectivity index (χ3n) is 6.86. The molecule has 6 heteroatoms. The molecule has 0 saturated carbocycles. The number of esters is 1. The van der Waals surface area contributed by atoms with Crippen LogP contribution in [0.2, 0.25) is 0 Å². The Labute approximate surface area is 211 Å². The SMILES string of the molecule is C[C@@H]1C/C(=C/c2ccccc2)c2nc3ccccc3c(C(=O)OCC(=O)N3C[C@@H](C)O[C@@H](C)C3)c2C1. The topological polar surface area (TPSA) is 68.7 Å². The van der Waals surface area contributed by atoms with Crippen LogP contribution >= 0.6 is 0 Å². The van der Waals surface area contributed by atoms with E-state index < -0.39 is 5.97 Å². The van der Waals surface area contributed by atoms with Crippen LogP contribution in [0.25, 0.3) is 22.6 Å². The number of allylic oxidation sites excluding steroid dienone is 1. The van der Waals surface area contributed by atoms with Crippen LogP contribution in [0.1, 0.15) is 54.4 Å². The molecule has 1 fully saturated rings. The molecule has 3 aromatic rings. The number of pyridine rings is 1. The van der Waals surface area contributed by atoms with E-state index in [-0.39, 0.29) is 24.7 Å². The van der Waals surface area contributed by atoms with Crippen molar-refractivity contribution in [3.05, 3.63) is 77.0 Å². The lowest BCUT2D eigenvalue weighted by Gasteiger charge is -2.35. The number of hydrogen-bond donors (Lipinski definition) is 0. The predicted octanol–water partition coefficient (Wildman–Crippen LogP) is 5.15. The molecule has 1 aliphatic carbocycles. The van der Waals surface area contributed by atoms with Crippen LogP contribution in [0.15, 0.2) is 54.6 Å². The first-order valence-corrected chi connectivity index (χ1v) is 12.7. The van der Waals surface area contributed by atoms with Gasteiger partial charge < -0.3 is 14.4 Å². The first kappa shape index (κ1) is 24.2. The summed E-state index contributed by atoms with van der Waals surface area (Å²) < 4.78 is 11.4. The number of hydrogen-bond acceptors (Lipinski definition) is 5. The summed E-state index contributed by atoms with van der Waals surface area (Å²) in [5.41, 5.74) is 5.25. The summed E-state index contributed by atoms with van der Waals surface area (Å²) >= 11 is 0. The summed E-state index contributed by atoms with van der Waals surface area (Å²) in [4.78, 5) is 33.1. The van der Waals surface area contributed by atoms with E-state index in [0.717, 1.165) is 46.1 Å². The van der Waals surface area contributed by atoms with Crippen molar-refractivity contribution in [1.82, 2.24) is 9.88 Å². The molecule has 2 heterocycles. The first-order chi connectivity index (χ1) is 17.4. The van der Waals surface area contributed by atoms with Gasteiger partial charge in [0.25, 0.3) is 5.91 Å². The molecule has 1 aliphatic heterocycles. The zero-order chi connectivity index (χ0) is 25.2. The van der Waals surface area contributed by atoms with Gasteiger partial charge in [0.15, 0.2) is 6.61 Å².